The van der Waals surface area contributed by atoms with E-state index in [1.54, 1.807) is 0 Å². The molecule has 1 aliphatic rings. The second kappa shape index (κ2) is 7.04. The van der Waals surface area contributed by atoms with Crippen molar-refractivity contribution in [2.24, 2.45) is 5.92 Å². The Bertz CT molecular complexity index is 368. The molecule has 1 aromatic rings. The Morgan fingerprint density at radius 2 is 1.84 bits per heavy atom. The first-order valence-electron chi connectivity index (χ1n) is 7.37. The minimum atomic E-state index is 0.440. The summed E-state index contributed by atoms with van der Waals surface area (Å²) in [5.41, 5.74) is 2.73. The molecular weight excluding hydrogens is 234 g/mol. The van der Waals surface area contributed by atoms with Crippen LogP contribution in [0, 0.1) is 12.8 Å². The lowest BCUT2D eigenvalue weighted by molar-refractivity contribution is 0.192. The van der Waals surface area contributed by atoms with Crippen molar-refractivity contribution in [2.45, 2.75) is 19.9 Å². The largest absolute Gasteiger partial charge is 0.314 e. The van der Waals surface area contributed by atoms with Crippen LogP contribution in [0.25, 0.3) is 0 Å². The van der Waals surface area contributed by atoms with Crippen LogP contribution in [0.5, 0.6) is 0 Å². The number of hydrogen-bond acceptors (Lipinski definition) is 3. The molecule has 1 heterocycles. The Balaban J connectivity index is 1.97. The highest BCUT2D eigenvalue weighted by Gasteiger charge is 2.21. The molecule has 2 atom stereocenters. The lowest BCUT2D eigenvalue weighted by Crippen LogP contribution is -2.46. The molecule has 0 spiro atoms. The molecule has 1 fully saturated rings. The van der Waals surface area contributed by atoms with E-state index in [2.05, 4.69) is 60.7 Å². The fourth-order valence-corrected chi connectivity index (χ4v) is 2.96. The van der Waals surface area contributed by atoms with Gasteiger partial charge in [-0.1, -0.05) is 36.8 Å². The van der Waals surface area contributed by atoms with E-state index in [-0.39, 0.29) is 0 Å². The molecule has 0 aliphatic carbocycles. The van der Waals surface area contributed by atoms with Crippen LogP contribution in [0.15, 0.2) is 24.3 Å². The Morgan fingerprint density at radius 3 is 2.42 bits per heavy atom. The van der Waals surface area contributed by atoms with Crippen molar-refractivity contribution in [1.29, 1.82) is 0 Å². The van der Waals surface area contributed by atoms with Crippen molar-refractivity contribution in [3.05, 3.63) is 35.4 Å². The molecule has 106 valence electrons. The highest BCUT2D eigenvalue weighted by molar-refractivity contribution is 5.24. The average molecular weight is 261 g/mol. The number of aryl methyl sites for hydroxylation is 1. The summed E-state index contributed by atoms with van der Waals surface area (Å²) in [4.78, 5) is 2.57. The van der Waals surface area contributed by atoms with E-state index < -0.39 is 0 Å². The van der Waals surface area contributed by atoms with E-state index in [0.717, 1.165) is 13.1 Å². The number of nitrogens with zero attached hydrogens (tertiary/aromatic N) is 1. The van der Waals surface area contributed by atoms with Gasteiger partial charge in [0.1, 0.15) is 0 Å². The minimum absolute atomic E-state index is 0.440. The van der Waals surface area contributed by atoms with Gasteiger partial charge in [-0.3, -0.25) is 0 Å². The van der Waals surface area contributed by atoms with Crippen LogP contribution in [0.4, 0.5) is 0 Å². The van der Waals surface area contributed by atoms with Gasteiger partial charge >= 0.3 is 0 Å². The summed E-state index contributed by atoms with van der Waals surface area (Å²) in [6.45, 7) is 10.3. The topological polar surface area (TPSA) is 27.3 Å². The fourth-order valence-electron chi connectivity index (χ4n) is 2.96. The normalized spacial score (nSPS) is 20.2. The highest BCUT2D eigenvalue weighted by Crippen LogP contribution is 2.23. The summed E-state index contributed by atoms with van der Waals surface area (Å²) in [6, 6.07) is 9.36. The SMILES string of the molecule is CNC(c1ccc(C)cc1)C(C)CN1CCNCC1. The third-order valence-electron chi connectivity index (χ3n) is 4.07. The molecule has 2 rings (SSSR count). The molecule has 0 saturated carbocycles. The predicted molar refractivity (Wildman–Crippen MR) is 81.5 cm³/mol. The molecule has 19 heavy (non-hydrogen) atoms. The molecule has 3 nitrogen and oxygen atoms in total. The van der Waals surface area contributed by atoms with Crippen LogP contribution < -0.4 is 10.6 Å². The molecule has 1 aliphatic heterocycles. The first kappa shape index (κ1) is 14.5. The first-order chi connectivity index (χ1) is 9.20. The Kier molecular flexibility index (Phi) is 5.37. The Labute approximate surface area is 117 Å². The van der Waals surface area contributed by atoms with E-state index >= 15 is 0 Å². The summed E-state index contributed by atoms with van der Waals surface area (Å²) in [6.07, 6.45) is 0. The van der Waals surface area contributed by atoms with Crippen LogP contribution in [-0.4, -0.2) is 44.7 Å². The number of piperazine rings is 1. The van der Waals surface area contributed by atoms with Crippen LogP contribution in [0.1, 0.15) is 24.1 Å². The maximum Gasteiger partial charge on any atom is 0.0355 e. The van der Waals surface area contributed by atoms with Crippen molar-refractivity contribution < 1.29 is 0 Å². The smallest absolute Gasteiger partial charge is 0.0355 e. The van der Waals surface area contributed by atoms with Crippen molar-refractivity contribution in [3.8, 4) is 0 Å². The molecule has 0 radical (unpaired) electrons. The van der Waals surface area contributed by atoms with E-state index in [9.17, 15) is 0 Å². The minimum Gasteiger partial charge on any atom is -0.314 e. The van der Waals surface area contributed by atoms with Gasteiger partial charge in [0, 0.05) is 38.8 Å². The molecule has 3 heteroatoms. The molecule has 0 amide bonds. The summed E-state index contributed by atoms with van der Waals surface area (Å²) >= 11 is 0. The molecule has 2 unspecified atom stereocenters. The van der Waals surface area contributed by atoms with E-state index in [1.807, 2.05) is 0 Å². The zero-order valence-corrected chi connectivity index (χ0v) is 12.4. The van der Waals surface area contributed by atoms with Gasteiger partial charge in [-0.15, -0.1) is 0 Å². The molecule has 0 aromatic heterocycles. The van der Waals surface area contributed by atoms with Crippen LogP contribution >= 0.6 is 0 Å². The summed E-state index contributed by atoms with van der Waals surface area (Å²) < 4.78 is 0. The number of rotatable bonds is 5. The van der Waals surface area contributed by atoms with Gasteiger partial charge in [-0.25, -0.2) is 0 Å². The van der Waals surface area contributed by atoms with Gasteiger partial charge in [-0.2, -0.15) is 0 Å². The van der Waals surface area contributed by atoms with Crippen molar-refractivity contribution in [3.63, 3.8) is 0 Å². The predicted octanol–water partition coefficient (Wildman–Crippen LogP) is 1.80. The van der Waals surface area contributed by atoms with Gasteiger partial charge in [0.2, 0.25) is 0 Å². The van der Waals surface area contributed by atoms with Gasteiger partial charge in [0.05, 0.1) is 0 Å². The quantitative estimate of drug-likeness (QED) is 0.846. The Morgan fingerprint density at radius 1 is 1.21 bits per heavy atom. The van der Waals surface area contributed by atoms with Gasteiger partial charge in [0.25, 0.3) is 0 Å². The fraction of sp³-hybridized carbons (Fsp3) is 0.625. The standard InChI is InChI=1S/C16H27N3/c1-13-4-6-15(7-5-13)16(17-3)14(2)12-19-10-8-18-9-11-19/h4-7,14,16-18H,8-12H2,1-3H3. The van der Waals surface area contributed by atoms with Crippen LogP contribution in [-0.2, 0) is 0 Å². The van der Waals surface area contributed by atoms with Crippen molar-refractivity contribution >= 4 is 0 Å². The van der Waals surface area contributed by atoms with Crippen LogP contribution in [0.3, 0.4) is 0 Å². The van der Waals surface area contributed by atoms with Crippen molar-refractivity contribution in [1.82, 2.24) is 15.5 Å². The third-order valence-corrected chi connectivity index (χ3v) is 4.07. The van der Waals surface area contributed by atoms with Gasteiger partial charge < -0.3 is 15.5 Å². The second-order valence-corrected chi connectivity index (χ2v) is 5.70. The van der Waals surface area contributed by atoms with Crippen LogP contribution in [0.2, 0.25) is 0 Å². The van der Waals surface area contributed by atoms with E-state index in [4.69, 9.17) is 0 Å². The molecule has 1 aromatic carbocycles. The molecular formula is C16H27N3. The number of hydrogen-bond donors (Lipinski definition) is 2. The van der Waals surface area contributed by atoms with Gasteiger partial charge in [-0.05, 0) is 25.5 Å². The maximum absolute atomic E-state index is 3.48. The zero-order valence-electron chi connectivity index (χ0n) is 12.4. The lowest BCUT2D eigenvalue weighted by atomic mass is 9.93. The molecule has 2 N–H and O–H groups in total. The first-order valence-corrected chi connectivity index (χ1v) is 7.37. The van der Waals surface area contributed by atoms with E-state index in [1.165, 1.54) is 30.8 Å². The summed E-state index contributed by atoms with van der Waals surface area (Å²) in [5, 5.41) is 6.90. The molecule has 1 saturated heterocycles. The Hall–Kier alpha value is -0.900. The number of benzene rings is 1. The van der Waals surface area contributed by atoms with E-state index in [0.29, 0.717) is 12.0 Å². The number of nitrogens with one attached hydrogen (secondary N) is 2. The molecule has 0 bridgehead atoms. The highest BCUT2D eigenvalue weighted by atomic mass is 15.2. The van der Waals surface area contributed by atoms with Crippen molar-refractivity contribution in [2.75, 3.05) is 39.8 Å². The summed E-state index contributed by atoms with van der Waals surface area (Å²) in [7, 11) is 2.07. The third kappa shape index (κ3) is 4.03. The van der Waals surface area contributed by atoms with Gasteiger partial charge in [0.15, 0.2) is 0 Å². The summed E-state index contributed by atoms with van der Waals surface area (Å²) in [5.74, 6) is 0.616. The maximum atomic E-state index is 3.48. The monoisotopic (exact) mass is 261 g/mol. The lowest BCUT2D eigenvalue weighted by Gasteiger charge is -2.33. The second-order valence-electron chi connectivity index (χ2n) is 5.70. The zero-order chi connectivity index (χ0) is 13.7. The average Bonchev–Trinajstić information content (AvgIpc) is 2.43.